The molecular formula is C19H22N4O. The smallest absolute Gasteiger partial charge is 0.163 e. The van der Waals surface area contributed by atoms with E-state index in [1.165, 1.54) is 0 Å². The van der Waals surface area contributed by atoms with Gasteiger partial charge in [0.05, 0.1) is 11.8 Å². The number of aromatic nitrogens is 3. The molecule has 0 saturated heterocycles. The van der Waals surface area contributed by atoms with Crippen LogP contribution >= 0.6 is 0 Å². The van der Waals surface area contributed by atoms with Crippen LogP contribution in [-0.2, 0) is 0 Å². The number of nitrogens with zero attached hydrogens (tertiary/aromatic N) is 4. The van der Waals surface area contributed by atoms with Gasteiger partial charge in [-0.3, -0.25) is 0 Å². The van der Waals surface area contributed by atoms with Gasteiger partial charge in [0, 0.05) is 11.3 Å². The van der Waals surface area contributed by atoms with Crippen molar-refractivity contribution < 1.29 is 5.11 Å². The van der Waals surface area contributed by atoms with Crippen LogP contribution in [0.15, 0.2) is 35.9 Å². The highest BCUT2D eigenvalue weighted by molar-refractivity contribution is 5.67. The fourth-order valence-electron chi connectivity index (χ4n) is 2.48. The van der Waals surface area contributed by atoms with Crippen LogP contribution in [0.3, 0.4) is 0 Å². The molecule has 1 N–H and O–H groups in total. The number of nitriles is 1. The summed E-state index contributed by atoms with van der Waals surface area (Å²) in [5, 5.41) is 23.4. The quantitative estimate of drug-likeness (QED) is 0.867. The Morgan fingerprint density at radius 1 is 1.38 bits per heavy atom. The van der Waals surface area contributed by atoms with Crippen molar-refractivity contribution in [2.24, 2.45) is 0 Å². The Hall–Kier alpha value is -2.71. The molecule has 0 aromatic carbocycles. The molecule has 0 spiro atoms. The second kappa shape index (κ2) is 7.24. The maximum absolute atomic E-state index is 10.1. The van der Waals surface area contributed by atoms with Crippen molar-refractivity contribution in [2.75, 3.05) is 0 Å². The van der Waals surface area contributed by atoms with E-state index in [0.717, 1.165) is 22.5 Å². The molecule has 0 unspecified atom stereocenters. The summed E-state index contributed by atoms with van der Waals surface area (Å²) >= 11 is 0. The third-order valence-electron chi connectivity index (χ3n) is 3.95. The average molecular weight is 322 g/mol. The summed E-state index contributed by atoms with van der Waals surface area (Å²) in [5.41, 5.74) is 4.79. The van der Waals surface area contributed by atoms with Crippen molar-refractivity contribution in [1.29, 1.82) is 5.26 Å². The van der Waals surface area contributed by atoms with E-state index in [9.17, 15) is 5.11 Å². The second-order valence-corrected chi connectivity index (χ2v) is 5.79. The Morgan fingerprint density at radius 2 is 2.08 bits per heavy atom. The molecule has 0 radical (unpaired) electrons. The zero-order valence-electron chi connectivity index (χ0n) is 14.7. The van der Waals surface area contributed by atoms with Crippen molar-refractivity contribution in [3.05, 3.63) is 58.6 Å². The molecule has 0 amide bonds. The van der Waals surface area contributed by atoms with Crippen molar-refractivity contribution in [1.82, 2.24) is 14.8 Å². The minimum atomic E-state index is -0.684. The molecule has 5 nitrogen and oxygen atoms in total. The van der Waals surface area contributed by atoms with Gasteiger partial charge in [0.25, 0.3) is 0 Å². The van der Waals surface area contributed by atoms with Gasteiger partial charge in [-0.1, -0.05) is 18.2 Å². The lowest BCUT2D eigenvalue weighted by molar-refractivity contribution is 0.198. The van der Waals surface area contributed by atoms with E-state index in [4.69, 9.17) is 10.2 Å². The van der Waals surface area contributed by atoms with Crippen LogP contribution in [-0.4, -0.2) is 19.9 Å². The van der Waals surface area contributed by atoms with Gasteiger partial charge < -0.3 is 5.11 Å². The summed E-state index contributed by atoms with van der Waals surface area (Å²) in [4.78, 5) is 4.72. The number of hydrogen-bond donors (Lipinski definition) is 1. The molecule has 5 heteroatoms. The van der Waals surface area contributed by atoms with Crippen LogP contribution in [0, 0.1) is 18.3 Å². The molecule has 1 atom stereocenters. The maximum atomic E-state index is 10.1. The van der Waals surface area contributed by atoms with E-state index in [2.05, 4.69) is 5.10 Å². The number of hydrogen-bond acceptors (Lipinski definition) is 4. The van der Waals surface area contributed by atoms with Crippen molar-refractivity contribution in [2.45, 2.75) is 40.7 Å². The lowest BCUT2D eigenvalue weighted by Crippen LogP contribution is -2.10. The molecule has 124 valence electrons. The molecule has 0 bridgehead atoms. The number of pyridine rings is 1. The minimum absolute atomic E-state index is 0.327. The molecule has 24 heavy (non-hydrogen) atoms. The Balaban J connectivity index is 2.68. The van der Waals surface area contributed by atoms with E-state index < -0.39 is 6.10 Å². The standard InChI is InChI=1S/C19H22N4O/c1-6-7-12(2)14(4)18-9-8-17(15(5)24)19(21-18)23-13(3)10-16(11-20)22-23/h6-10,15,24H,1-5H3/b7-6-,14-12-/t15-/m0/s1. The molecule has 0 aliphatic rings. The fourth-order valence-corrected chi connectivity index (χ4v) is 2.48. The van der Waals surface area contributed by atoms with Gasteiger partial charge in [0.1, 0.15) is 6.07 Å². The first-order valence-corrected chi connectivity index (χ1v) is 7.85. The van der Waals surface area contributed by atoms with Crippen LogP contribution in [0.1, 0.15) is 56.4 Å². The number of aliphatic hydroxyl groups excluding tert-OH is 1. The topological polar surface area (TPSA) is 74.7 Å². The van der Waals surface area contributed by atoms with Crippen LogP contribution in [0.4, 0.5) is 0 Å². The lowest BCUT2D eigenvalue weighted by atomic mass is 10.0. The van der Waals surface area contributed by atoms with Gasteiger partial charge in [0.2, 0.25) is 0 Å². The molecule has 2 heterocycles. The molecular weight excluding hydrogens is 300 g/mol. The monoisotopic (exact) mass is 322 g/mol. The third kappa shape index (κ3) is 3.44. The number of allylic oxidation sites excluding steroid dienone is 4. The first-order valence-electron chi connectivity index (χ1n) is 7.85. The Bertz CT molecular complexity index is 851. The summed E-state index contributed by atoms with van der Waals surface area (Å²) < 4.78 is 1.61. The van der Waals surface area contributed by atoms with E-state index >= 15 is 0 Å². The molecule has 2 rings (SSSR count). The highest BCUT2D eigenvalue weighted by atomic mass is 16.3. The molecule has 0 aliphatic carbocycles. The first kappa shape index (κ1) is 17.6. The SMILES string of the molecule is C/C=C\C(C)=C(\C)c1ccc([C@H](C)O)c(-n2nc(C#N)cc2C)n1. The number of aryl methyl sites for hydroxylation is 1. The normalized spacial score (nSPS) is 13.7. The molecule has 0 saturated carbocycles. The summed E-state index contributed by atoms with van der Waals surface area (Å²) in [6.45, 7) is 9.58. The Morgan fingerprint density at radius 3 is 2.62 bits per heavy atom. The summed E-state index contributed by atoms with van der Waals surface area (Å²) in [5.74, 6) is 0.550. The predicted octanol–water partition coefficient (Wildman–Crippen LogP) is 3.87. The van der Waals surface area contributed by atoms with Crippen LogP contribution < -0.4 is 0 Å². The summed E-state index contributed by atoms with van der Waals surface area (Å²) in [7, 11) is 0. The van der Waals surface area contributed by atoms with Crippen LogP contribution in [0.2, 0.25) is 0 Å². The maximum Gasteiger partial charge on any atom is 0.163 e. The van der Waals surface area contributed by atoms with E-state index in [-0.39, 0.29) is 0 Å². The van der Waals surface area contributed by atoms with Gasteiger partial charge in [-0.05, 0) is 57.9 Å². The van der Waals surface area contributed by atoms with Gasteiger partial charge in [-0.25, -0.2) is 9.67 Å². The van der Waals surface area contributed by atoms with Crippen LogP contribution in [0.5, 0.6) is 0 Å². The van der Waals surface area contributed by atoms with Gasteiger partial charge in [-0.2, -0.15) is 10.4 Å². The van der Waals surface area contributed by atoms with Crippen molar-refractivity contribution in [3.8, 4) is 11.9 Å². The van der Waals surface area contributed by atoms with Crippen LogP contribution in [0.25, 0.3) is 11.4 Å². The van der Waals surface area contributed by atoms with E-state index in [1.54, 1.807) is 17.7 Å². The lowest BCUT2D eigenvalue weighted by Gasteiger charge is -2.15. The Kier molecular flexibility index (Phi) is 5.32. The zero-order chi connectivity index (χ0) is 17.9. The van der Waals surface area contributed by atoms with E-state index in [0.29, 0.717) is 17.1 Å². The molecule has 2 aromatic rings. The van der Waals surface area contributed by atoms with Gasteiger partial charge in [0.15, 0.2) is 11.5 Å². The highest BCUT2D eigenvalue weighted by Crippen LogP contribution is 2.25. The molecule has 0 aliphatic heterocycles. The zero-order valence-corrected chi connectivity index (χ0v) is 14.7. The fraction of sp³-hybridized carbons (Fsp3) is 0.316. The van der Waals surface area contributed by atoms with Crippen molar-refractivity contribution >= 4 is 5.57 Å². The van der Waals surface area contributed by atoms with E-state index in [1.807, 2.05) is 58.0 Å². The average Bonchev–Trinajstić information content (AvgIpc) is 2.94. The first-order chi connectivity index (χ1) is 11.4. The third-order valence-corrected chi connectivity index (χ3v) is 3.95. The number of rotatable bonds is 4. The minimum Gasteiger partial charge on any atom is -0.389 e. The summed E-state index contributed by atoms with van der Waals surface area (Å²) in [6, 6.07) is 7.50. The van der Waals surface area contributed by atoms with Gasteiger partial charge >= 0.3 is 0 Å². The predicted molar refractivity (Wildman–Crippen MR) is 94.5 cm³/mol. The molecule has 2 aromatic heterocycles. The highest BCUT2D eigenvalue weighted by Gasteiger charge is 2.16. The second-order valence-electron chi connectivity index (χ2n) is 5.79. The Labute approximate surface area is 142 Å². The summed E-state index contributed by atoms with van der Waals surface area (Å²) in [6.07, 6.45) is 3.34. The van der Waals surface area contributed by atoms with Gasteiger partial charge in [-0.15, -0.1) is 0 Å². The van der Waals surface area contributed by atoms with Crippen molar-refractivity contribution in [3.63, 3.8) is 0 Å². The molecule has 0 fully saturated rings. The largest absolute Gasteiger partial charge is 0.389 e. The number of aliphatic hydroxyl groups is 1.